The fourth-order valence-corrected chi connectivity index (χ4v) is 2.06. The molecule has 0 amide bonds. The second-order valence-corrected chi connectivity index (χ2v) is 4.80. The van der Waals surface area contributed by atoms with Crippen LogP contribution in [0.4, 0.5) is 0 Å². The molecule has 0 saturated heterocycles. The number of hydrogen-bond donors (Lipinski definition) is 0. The van der Waals surface area contributed by atoms with Crippen molar-refractivity contribution in [1.29, 1.82) is 0 Å². The highest BCUT2D eigenvalue weighted by atomic mass is 15.3. The van der Waals surface area contributed by atoms with Crippen LogP contribution in [0.15, 0.2) is 18.7 Å². The molecule has 2 heterocycles. The first-order valence-corrected chi connectivity index (χ1v) is 5.99. The number of aromatic nitrogens is 2. The third-order valence-electron chi connectivity index (χ3n) is 3.15. The van der Waals surface area contributed by atoms with Gasteiger partial charge in [0.25, 0.3) is 0 Å². The maximum Gasteiger partial charge on any atom is 0.234 e. The molecule has 1 aliphatic heterocycles. The summed E-state index contributed by atoms with van der Waals surface area (Å²) in [6, 6.07) is 1.08. The standard InChI is InChI=1S/C12H21N4/c1-11(2)16-7-6-14(10-16)8-12(3)15-5-4-13-9-15/h4-5,9-12H,6-8H2,1-3H3/q+1. The lowest BCUT2D eigenvalue weighted by Gasteiger charge is -2.11. The Kier molecular flexibility index (Phi) is 3.27. The molecule has 4 heteroatoms. The van der Waals surface area contributed by atoms with Gasteiger partial charge in [-0.2, -0.15) is 0 Å². The van der Waals surface area contributed by atoms with Gasteiger partial charge in [-0.15, -0.1) is 0 Å². The molecule has 0 aliphatic carbocycles. The zero-order chi connectivity index (χ0) is 11.5. The van der Waals surface area contributed by atoms with Crippen LogP contribution in [-0.4, -0.2) is 51.0 Å². The maximum absolute atomic E-state index is 4.08. The molecular formula is C12H21N4+. The monoisotopic (exact) mass is 221 g/mol. The van der Waals surface area contributed by atoms with E-state index in [2.05, 4.69) is 46.1 Å². The van der Waals surface area contributed by atoms with Gasteiger partial charge in [-0.1, -0.05) is 0 Å². The Hall–Kier alpha value is -1.32. The van der Waals surface area contributed by atoms with E-state index in [1.807, 2.05) is 18.7 Å². The first kappa shape index (κ1) is 11.2. The lowest BCUT2D eigenvalue weighted by Crippen LogP contribution is -2.27. The van der Waals surface area contributed by atoms with E-state index in [1.165, 1.54) is 0 Å². The predicted octanol–water partition coefficient (Wildman–Crippen LogP) is 1.21. The highest BCUT2D eigenvalue weighted by Gasteiger charge is 2.22. The lowest BCUT2D eigenvalue weighted by molar-refractivity contribution is -0.518. The minimum atomic E-state index is 0.478. The Morgan fingerprint density at radius 3 is 2.75 bits per heavy atom. The molecule has 0 aromatic carbocycles. The summed E-state index contributed by atoms with van der Waals surface area (Å²) in [5.74, 6) is 0. The summed E-state index contributed by atoms with van der Waals surface area (Å²) in [5, 5.41) is 0. The van der Waals surface area contributed by atoms with Crippen LogP contribution in [0.3, 0.4) is 0 Å². The van der Waals surface area contributed by atoms with Gasteiger partial charge in [-0.3, -0.25) is 9.48 Å². The molecule has 0 fully saturated rings. The normalized spacial score (nSPS) is 18.0. The molecule has 88 valence electrons. The van der Waals surface area contributed by atoms with Gasteiger partial charge < -0.3 is 4.57 Å². The van der Waals surface area contributed by atoms with Crippen molar-refractivity contribution < 1.29 is 4.58 Å². The van der Waals surface area contributed by atoms with Crippen LogP contribution in [0.5, 0.6) is 0 Å². The summed E-state index contributed by atoms with van der Waals surface area (Å²) < 4.78 is 4.55. The molecule has 4 nitrogen and oxygen atoms in total. The van der Waals surface area contributed by atoms with E-state index >= 15 is 0 Å². The minimum absolute atomic E-state index is 0.478. The summed E-state index contributed by atoms with van der Waals surface area (Å²) in [5.41, 5.74) is 0. The topological polar surface area (TPSA) is 24.1 Å². The number of hydrogen-bond acceptors (Lipinski definition) is 2. The molecule has 1 aromatic rings. The zero-order valence-electron chi connectivity index (χ0n) is 10.4. The summed E-state index contributed by atoms with van der Waals surface area (Å²) in [7, 11) is 0. The average molecular weight is 221 g/mol. The lowest BCUT2D eigenvalue weighted by atomic mass is 10.3. The molecule has 0 radical (unpaired) electrons. The van der Waals surface area contributed by atoms with E-state index in [-0.39, 0.29) is 0 Å². The van der Waals surface area contributed by atoms with Crippen molar-refractivity contribution in [2.24, 2.45) is 0 Å². The van der Waals surface area contributed by atoms with Gasteiger partial charge in [0, 0.05) is 12.4 Å². The Morgan fingerprint density at radius 1 is 1.38 bits per heavy atom. The summed E-state index contributed by atoms with van der Waals surface area (Å²) in [6.07, 6.45) is 8.02. The van der Waals surface area contributed by atoms with Gasteiger partial charge in [0.05, 0.1) is 18.4 Å². The Morgan fingerprint density at radius 2 is 2.19 bits per heavy atom. The molecule has 16 heavy (non-hydrogen) atoms. The largest absolute Gasteiger partial charge is 0.331 e. The van der Waals surface area contributed by atoms with Crippen LogP contribution in [-0.2, 0) is 0 Å². The van der Waals surface area contributed by atoms with Crippen LogP contribution >= 0.6 is 0 Å². The molecule has 0 N–H and O–H groups in total. The number of rotatable bonds is 4. The third kappa shape index (κ3) is 2.43. The smallest absolute Gasteiger partial charge is 0.234 e. The quantitative estimate of drug-likeness (QED) is 0.714. The molecule has 1 aliphatic rings. The van der Waals surface area contributed by atoms with E-state index in [0.717, 1.165) is 19.6 Å². The third-order valence-corrected chi connectivity index (χ3v) is 3.15. The maximum atomic E-state index is 4.08. The zero-order valence-corrected chi connectivity index (χ0v) is 10.4. The molecule has 2 rings (SSSR count). The molecule has 1 atom stereocenters. The van der Waals surface area contributed by atoms with Crippen LogP contribution in [0.25, 0.3) is 0 Å². The van der Waals surface area contributed by atoms with Crippen LogP contribution in [0, 0.1) is 0 Å². The van der Waals surface area contributed by atoms with Gasteiger partial charge in [-0.25, -0.2) is 4.98 Å². The Balaban J connectivity index is 1.94. The molecule has 0 saturated carbocycles. The van der Waals surface area contributed by atoms with Crippen molar-refractivity contribution in [2.45, 2.75) is 32.9 Å². The summed E-state index contributed by atoms with van der Waals surface area (Å²) in [6.45, 7) is 10.0. The van der Waals surface area contributed by atoms with Crippen LogP contribution in [0.2, 0.25) is 0 Å². The van der Waals surface area contributed by atoms with Gasteiger partial charge in [-0.05, 0) is 20.8 Å². The fourth-order valence-electron chi connectivity index (χ4n) is 2.06. The van der Waals surface area contributed by atoms with Crippen molar-refractivity contribution in [3.8, 4) is 0 Å². The van der Waals surface area contributed by atoms with Crippen molar-refractivity contribution >= 4 is 6.34 Å². The Bertz CT molecular complexity index is 353. The second kappa shape index (κ2) is 4.68. The number of imidazole rings is 1. The summed E-state index contributed by atoms with van der Waals surface area (Å²) in [4.78, 5) is 6.47. The first-order chi connectivity index (χ1) is 7.66. The van der Waals surface area contributed by atoms with Gasteiger partial charge >= 0.3 is 0 Å². The van der Waals surface area contributed by atoms with E-state index < -0.39 is 0 Å². The van der Waals surface area contributed by atoms with Crippen LogP contribution in [0.1, 0.15) is 26.8 Å². The molecule has 1 unspecified atom stereocenters. The summed E-state index contributed by atoms with van der Waals surface area (Å²) >= 11 is 0. The van der Waals surface area contributed by atoms with Crippen molar-refractivity contribution in [2.75, 3.05) is 19.6 Å². The van der Waals surface area contributed by atoms with Crippen molar-refractivity contribution in [3.05, 3.63) is 18.7 Å². The second-order valence-electron chi connectivity index (χ2n) is 4.80. The molecule has 1 aromatic heterocycles. The highest BCUT2D eigenvalue weighted by Crippen LogP contribution is 2.07. The predicted molar refractivity (Wildman–Crippen MR) is 64.8 cm³/mol. The fraction of sp³-hybridized carbons (Fsp3) is 0.667. The average Bonchev–Trinajstić information content (AvgIpc) is 2.87. The Labute approximate surface area is 97.2 Å². The number of nitrogens with zero attached hydrogens (tertiary/aromatic N) is 4. The van der Waals surface area contributed by atoms with Gasteiger partial charge in [0.15, 0.2) is 0 Å². The van der Waals surface area contributed by atoms with E-state index in [9.17, 15) is 0 Å². The van der Waals surface area contributed by atoms with E-state index in [0.29, 0.717) is 12.1 Å². The molecular weight excluding hydrogens is 200 g/mol. The highest BCUT2D eigenvalue weighted by molar-refractivity contribution is 5.50. The first-order valence-electron chi connectivity index (χ1n) is 5.99. The van der Waals surface area contributed by atoms with Gasteiger partial charge in [0.1, 0.15) is 19.6 Å². The molecule has 0 bridgehead atoms. The van der Waals surface area contributed by atoms with E-state index in [1.54, 1.807) is 0 Å². The van der Waals surface area contributed by atoms with Crippen molar-refractivity contribution in [1.82, 2.24) is 14.5 Å². The van der Waals surface area contributed by atoms with E-state index in [4.69, 9.17) is 0 Å². The van der Waals surface area contributed by atoms with Crippen molar-refractivity contribution in [3.63, 3.8) is 0 Å². The SMILES string of the molecule is CC(C)N1C=[N+](CC(C)n2ccnc2)CC1. The minimum Gasteiger partial charge on any atom is -0.331 e. The molecule has 0 spiro atoms. The van der Waals surface area contributed by atoms with Crippen LogP contribution < -0.4 is 0 Å². The van der Waals surface area contributed by atoms with Gasteiger partial charge in [0.2, 0.25) is 6.34 Å².